The zero-order valence-corrected chi connectivity index (χ0v) is 14.4. The third-order valence-electron chi connectivity index (χ3n) is 2.39. The lowest BCUT2D eigenvalue weighted by Gasteiger charge is -2.15. The summed E-state index contributed by atoms with van der Waals surface area (Å²) in [6, 6.07) is 0. The first kappa shape index (κ1) is 18.5. The van der Waals surface area contributed by atoms with Crippen LogP contribution in [0.25, 0.3) is 0 Å². The summed E-state index contributed by atoms with van der Waals surface area (Å²) in [7, 11) is 2.87. The third-order valence-corrected chi connectivity index (χ3v) is 3.62. The van der Waals surface area contributed by atoms with Crippen LogP contribution in [-0.4, -0.2) is 29.7 Å². The summed E-state index contributed by atoms with van der Waals surface area (Å²) in [5, 5.41) is 3.16. The average molecular weight is 247 g/mol. The Morgan fingerprint density at radius 2 is 1.44 bits per heavy atom. The summed E-state index contributed by atoms with van der Waals surface area (Å²) in [6.45, 7) is 9.61. The van der Waals surface area contributed by atoms with Crippen molar-refractivity contribution in [2.45, 2.75) is 71.8 Å². The Kier molecular flexibility index (Phi) is 15.3. The second kappa shape index (κ2) is 13.2. The highest BCUT2D eigenvalue weighted by Gasteiger charge is 2.03. The molecule has 0 aliphatic carbocycles. The van der Waals surface area contributed by atoms with Crippen LogP contribution in [-0.2, 0) is 4.43 Å². The molecule has 0 saturated carbocycles. The minimum absolute atomic E-state index is 0.103. The lowest BCUT2D eigenvalue weighted by Crippen LogP contribution is -2.16. The molecule has 0 aliphatic heterocycles. The van der Waals surface area contributed by atoms with E-state index in [2.05, 4.69) is 33.0 Å². The van der Waals surface area contributed by atoms with Gasteiger partial charge in [0.15, 0.2) is 0 Å². The number of unbranched alkanes of at least 4 members (excludes halogenated alkanes) is 5. The van der Waals surface area contributed by atoms with Gasteiger partial charge in [0, 0.05) is 5.60 Å². The van der Waals surface area contributed by atoms with Gasteiger partial charge in [0.25, 0.3) is 0 Å². The molecule has 100 valence electrons. The molecule has 0 bridgehead atoms. The van der Waals surface area contributed by atoms with Crippen molar-refractivity contribution in [3.05, 3.63) is 0 Å². The second-order valence-corrected chi connectivity index (χ2v) is 5.60. The predicted octanol–water partition coefficient (Wildman–Crippen LogP) is 2.65. The van der Waals surface area contributed by atoms with Gasteiger partial charge in [-0.2, -0.15) is 0 Å². The Balaban J connectivity index is 0. The van der Waals surface area contributed by atoms with E-state index < -0.39 is 0 Å². The van der Waals surface area contributed by atoms with Crippen LogP contribution in [0.2, 0.25) is 0 Å². The second-order valence-electron chi connectivity index (χ2n) is 5.19. The Morgan fingerprint density at radius 1 is 1.00 bits per heavy atom. The molecule has 0 spiro atoms. The van der Waals surface area contributed by atoms with Crippen LogP contribution in [0.3, 0.4) is 0 Å². The van der Waals surface area contributed by atoms with Crippen molar-refractivity contribution in [1.82, 2.24) is 5.32 Å². The highest BCUT2D eigenvalue weighted by atomic mass is 28.2. The van der Waals surface area contributed by atoms with E-state index in [0.29, 0.717) is 0 Å². The van der Waals surface area contributed by atoms with Crippen LogP contribution in [0.1, 0.15) is 66.2 Å². The topological polar surface area (TPSA) is 21.3 Å². The smallest absolute Gasteiger partial charge is 0.146 e. The van der Waals surface area contributed by atoms with Gasteiger partial charge in [-0.1, -0.05) is 39.0 Å². The molecular weight excluding hydrogens is 214 g/mol. The van der Waals surface area contributed by atoms with Crippen molar-refractivity contribution in [3.8, 4) is 0 Å². The van der Waals surface area contributed by atoms with Crippen molar-refractivity contribution in [2.24, 2.45) is 0 Å². The molecule has 0 rings (SSSR count). The number of rotatable bonds is 7. The van der Waals surface area contributed by atoms with Gasteiger partial charge < -0.3 is 9.74 Å². The molecule has 0 aromatic rings. The van der Waals surface area contributed by atoms with Crippen molar-refractivity contribution < 1.29 is 4.43 Å². The zero-order valence-electron chi connectivity index (χ0n) is 12.4. The first-order valence-electron chi connectivity index (χ1n) is 6.67. The van der Waals surface area contributed by atoms with E-state index in [1.807, 2.05) is 7.05 Å². The molecule has 0 atom stereocenters. The van der Waals surface area contributed by atoms with E-state index >= 15 is 0 Å². The fraction of sp³-hybridized carbons (Fsp3) is 1.00. The molecule has 0 amide bonds. The van der Waals surface area contributed by atoms with Gasteiger partial charge in [0.05, 0.1) is 0 Å². The molecule has 0 saturated heterocycles. The number of nitrogens with one attached hydrogen (secondary N) is 1. The molecule has 0 unspecified atom stereocenters. The molecule has 1 N–H and O–H groups in total. The molecule has 3 heteroatoms. The molecule has 0 aromatic heterocycles. The van der Waals surface area contributed by atoms with Crippen LogP contribution in [0.4, 0.5) is 0 Å². The fourth-order valence-corrected chi connectivity index (χ4v) is 1.08. The Morgan fingerprint density at radius 3 is 1.81 bits per heavy atom. The molecule has 0 radical (unpaired) electrons. The molecule has 0 fully saturated rings. The first-order valence-corrected chi connectivity index (χ1v) is 7.49. The van der Waals surface area contributed by atoms with Crippen molar-refractivity contribution >= 4 is 10.5 Å². The van der Waals surface area contributed by atoms with Gasteiger partial charge in [-0.3, -0.25) is 0 Å². The summed E-state index contributed by atoms with van der Waals surface area (Å²) in [5.74, 6) is 0. The van der Waals surface area contributed by atoms with Gasteiger partial charge in [-0.25, -0.2) is 0 Å². The van der Waals surface area contributed by atoms with Crippen LogP contribution in [0, 0.1) is 0 Å². The monoisotopic (exact) mass is 247 g/mol. The summed E-state index contributed by atoms with van der Waals surface area (Å²) in [5.41, 5.74) is 0.103. The summed E-state index contributed by atoms with van der Waals surface area (Å²) in [4.78, 5) is 0. The highest BCUT2D eigenvalue weighted by molar-refractivity contribution is 5.98. The molecule has 2 nitrogen and oxygen atoms in total. The maximum absolute atomic E-state index is 5.08. The van der Waals surface area contributed by atoms with Crippen LogP contribution in [0.5, 0.6) is 0 Å². The minimum Gasteiger partial charge on any atom is -0.423 e. The summed E-state index contributed by atoms with van der Waals surface area (Å²) in [6.07, 6.45) is 8.38. The van der Waals surface area contributed by atoms with Crippen molar-refractivity contribution in [2.75, 3.05) is 13.6 Å². The fourth-order valence-electron chi connectivity index (χ4n) is 1.08. The zero-order chi connectivity index (χ0) is 12.9. The minimum atomic E-state index is 0.103. The van der Waals surface area contributed by atoms with E-state index in [1.165, 1.54) is 45.1 Å². The van der Waals surface area contributed by atoms with Gasteiger partial charge in [0.1, 0.15) is 10.5 Å². The van der Waals surface area contributed by atoms with E-state index in [0.717, 1.165) is 10.5 Å². The van der Waals surface area contributed by atoms with Crippen LogP contribution >= 0.6 is 0 Å². The number of hydrogen-bond donors (Lipinski definition) is 1. The predicted molar refractivity (Wildman–Crippen MR) is 78.1 cm³/mol. The molecule has 16 heavy (non-hydrogen) atoms. The maximum atomic E-state index is 5.08. The Labute approximate surface area is 106 Å². The number of hydrogen-bond acceptors (Lipinski definition) is 2. The van der Waals surface area contributed by atoms with E-state index in [9.17, 15) is 0 Å². The molecule has 0 aliphatic rings. The largest absolute Gasteiger partial charge is 0.423 e. The summed E-state index contributed by atoms with van der Waals surface area (Å²) >= 11 is 0. The van der Waals surface area contributed by atoms with E-state index in [1.54, 1.807) is 0 Å². The highest BCUT2D eigenvalue weighted by Crippen LogP contribution is 2.03. The van der Waals surface area contributed by atoms with Crippen LogP contribution in [0.15, 0.2) is 0 Å². The summed E-state index contributed by atoms with van der Waals surface area (Å²) < 4.78 is 5.08. The molecule has 0 aromatic carbocycles. The lowest BCUT2D eigenvalue weighted by atomic mass is 10.1. The maximum Gasteiger partial charge on any atom is 0.146 e. The standard InChI is InChI=1S/C9H21N.C4H12OSi/c1-3-4-5-6-7-8-9-10-2;1-4(2,3)5-6/h10H,3-9H2,1-2H3;1-3,6H3. The van der Waals surface area contributed by atoms with Crippen LogP contribution < -0.4 is 5.32 Å². The van der Waals surface area contributed by atoms with Crippen molar-refractivity contribution in [1.29, 1.82) is 0 Å². The Hall–Kier alpha value is 0.137. The van der Waals surface area contributed by atoms with E-state index in [-0.39, 0.29) is 5.60 Å². The normalized spacial score (nSPS) is 11.1. The molecule has 0 heterocycles. The van der Waals surface area contributed by atoms with Gasteiger partial charge in [-0.05, 0) is 40.8 Å². The van der Waals surface area contributed by atoms with Gasteiger partial charge in [-0.15, -0.1) is 0 Å². The third kappa shape index (κ3) is 23.7. The van der Waals surface area contributed by atoms with Crippen molar-refractivity contribution in [3.63, 3.8) is 0 Å². The average Bonchev–Trinajstić information content (AvgIpc) is 2.23. The lowest BCUT2D eigenvalue weighted by molar-refractivity contribution is 0.147. The Bertz CT molecular complexity index is 116. The van der Waals surface area contributed by atoms with Gasteiger partial charge >= 0.3 is 0 Å². The van der Waals surface area contributed by atoms with E-state index in [4.69, 9.17) is 4.43 Å². The molecular formula is C13H33NOSi. The first-order chi connectivity index (χ1) is 7.47. The SMILES string of the molecule is CC(C)(C)O[SiH3].CCCCCCCCNC. The quantitative estimate of drug-likeness (QED) is 0.552. The van der Waals surface area contributed by atoms with Gasteiger partial charge in [0.2, 0.25) is 0 Å².